The molecule has 7 nitrogen and oxygen atoms in total. The molecule has 0 aliphatic carbocycles. The average molecular weight is 382 g/mol. The highest BCUT2D eigenvalue weighted by Gasteiger charge is 2.02. The maximum Gasteiger partial charge on any atom is 0.355 e. The van der Waals surface area contributed by atoms with E-state index in [1.807, 2.05) is 62.4 Å². The zero-order chi connectivity index (χ0) is 20.0. The van der Waals surface area contributed by atoms with Gasteiger partial charge in [-0.2, -0.15) is 10.2 Å². The van der Waals surface area contributed by atoms with Gasteiger partial charge in [0.25, 0.3) is 0 Å². The molecule has 2 aromatic rings. The van der Waals surface area contributed by atoms with Crippen LogP contribution >= 0.6 is 0 Å². The Kier molecular flexibility index (Phi) is 9.06. The highest BCUT2D eigenvalue weighted by molar-refractivity contribution is 5.86. The van der Waals surface area contributed by atoms with Crippen LogP contribution in [-0.4, -0.2) is 31.7 Å². The maximum atomic E-state index is 11.8. The van der Waals surface area contributed by atoms with Gasteiger partial charge >= 0.3 is 6.03 Å². The Balaban J connectivity index is 1.87. The number of hydrogen-bond acceptors (Lipinski definition) is 5. The molecule has 2 rings (SSSR count). The summed E-state index contributed by atoms with van der Waals surface area (Å²) < 4.78 is 11.3. The van der Waals surface area contributed by atoms with E-state index in [2.05, 4.69) is 21.1 Å². The summed E-state index contributed by atoms with van der Waals surface area (Å²) in [6, 6.07) is 14.4. The van der Waals surface area contributed by atoms with Gasteiger partial charge in [0.1, 0.15) is 11.5 Å². The number of ether oxygens (including phenoxy) is 2. The first-order valence-corrected chi connectivity index (χ1v) is 9.30. The fourth-order valence-electron chi connectivity index (χ4n) is 2.21. The molecule has 2 N–H and O–H groups in total. The van der Waals surface area contributed by atoms with E-state index in [0.29, 0.717) is 13.2 Å². The third kappa shape index (κ3) is 7.11. The Morgan fingerprint density at radius 2 is 1.25 bits per heavy atom. The van der Waals surface area contributed by atoms with Crippen LogP contribution in [0.2, 0.25) is 0 Å². The van der Waals surface area contributed by atoms with E-state index in [1.54, 1.807) is 0 Å². The van der Waals surface area contributed by atoms with Gasteiger partial charge in [0, 0.05) is 11.1 Å². The minimum Gasteiger partial charge on any atom is -0.493 e. The van der Waals surface area contributed by atoms with Crippen molar-refractivity contribution < 1.29 is 14.3 Å². The van der Waals surface area contributed by atoms with Gasteiger partial charge in [-0.15, -0.1) is 0 Å². The molecular weight excluding hydrogens is 356 g/mol. The Morgan fingerprint density at radius 3 is 1.68 bits per heavy atom. The summed E-state index contributed by atoms with van der Waals surface area (Å²) in [5.41, 5.74) is 6.30. The van der Waals surface area contributed by atoms with Crippen molar-refractivity contribution in [2.75, 3.05) is 13.2 Å². The van der Waals surface area contributed by atoms with Crippen molar-refractivity contribution in [2.24, 2.45) is 10.2 Å². The van der Waals surface area contributed by atoms with E-state index >= 15 is 0 Å². The summed E-state index contributed by atoms with van der Waals surface area (Å²) in [5, 5.41) is 7.86. The lowest BCUT2D eigenvalue weighted by Gasteiger charge is -2.07. The van der Waals surface area contributed by atoms with Crippen molar-refractivity contribution in [3.63, 3.8) is 0 Å². The van der Waals surface area contributed by atoms with Crippen molar-refractivity contribution in [2.45, 2.75) is 26.7 Å². The first kappa shape index (κ1) is 21.0. The molecule has 0 spiro atoms. The van der Waals surface area contributed by atoms with Crippen LogP contribution in [0, 0.1) is 0 Å². The van der Waals surface area contributed by atoms with E-state index in [1.165, 1.54) is 12.4 Å². The summed E-state index contributed by atoms with van der Waals surface area (Å²) >= 11 is 0. The molecule has 0 aromatic heterocycles. The highest BCUT2D eigenvalue weighted by atomic mass is 16.5. The Morgan fingerprint density at radius 1 is 0.821 bits per heavy atom. The summed E-state index contributed by atoms with van der Waals surface area (Å²) in [4.78, 5) is 11.8. The fraction of sp³-hybridized carbons (Fsp3) is 0.286. The molecule has 0 aliphatic heterocycles. The van der Waals surface area contributed by atoms with Crippen LogP contribution in [0.3, 0.4) is 0 Å². The molecule has 0 radical (unpaired) electrons. The van der Waals surface area contributed by atoms with Gasteiger partial charge in [-0.3, -0.25) is 0 Å². The number of carbonyl (C=O) groups excluding carboxylic acids is 1. The number of para-hydroxylation sites is 2. The number of amides is 2. The van der Waals surface area contributed by atoms with Crippen molar-refractivity contribution in [1.82, 2.24) is 10.9 Å². The molecule has 2 amide bonds. The van der Waals surface area contributed by atoms with Crippen LogP contribution in [0.15, 0.2) is 58.7 Å². The van der Waals surface area contributed by atoms with E-state index in [9.17, 15) is 4.79 Å². The molecule has 2 aromatic carbocycles. The number of nitrogens with one attached hydrogen (secondary N) is 2. The molecular formula is C21H26N4O3. The minimum atomic E-state index is -0.550. The quantitative estimate of drug-likeness (QED) is 0.482. The van der Waals surface area contributed by atoms with Crippen LogP contribution in [0.5, 0.6) is 11.5 Å². The van der Waals surface area contributed by atoms with Crippen molar-refractivity contribution in [3.8, 4) is 11.5 Å². The van der Waals surface area contributed by atoms with Gasteiger partial charge in [-0.1, -0.05) is 38.1 Å². The molecule has 0 fully saturated rings. The second-order valence-corrected chi connectivity index (χ2v) is 5.84. The minimum absolute atomic E-state index is 0.550. The SMILES string of the molecule is CCCOc1ccccc1C=NNC(=O)NN=Cc1ccccc1OCCC. The van der Waals surface area contributed by atoms with Crippen LogP contribution in [-0.2, 0) is 0 Å². The van der Waals surface area contributed by atoms with Gasteiger partial charge in [-0.25, -0.2) is 15.6 Å². The molecule has 148 valence electrons. The highest BCUT2D eigenvalue weighted by Crippen LogP contribution is 2.16. The molecule has 0 aliphatic rings. The standard InChI is InChI=1S/C21H26N4O3/c1-3-13-27-19-11-7-5-9-17(19)15-22-24-21(26)25-23-16-18-10-6-8-12-20(18)28-14-4-2/h5-12,15-16H,3-4,13-14H2,1-2H3,(H2,24,25,26). The van der Waals surface area contributed by atoms with E-state index in [4.69, 9.17) is 9.47 Å². The van der Waals surface area contributed by atoms with Gasteiger partial charge in [-0.05, 0) is 37.1 Å². The van der Waals surface area contributed by atoms with Gasteiger partial charge in [0.2, 0.25) is 0 Å². The number of nitrogens with zero attached hydrogens (tertiary/aromatic N) is 2. The summed E-state index contributed by atoms with van der Waals surface area (Å²) in [6.07, 6.45) is 4.89. The van der Waals surface area contributed by atoms with Gasteiger partial charge in [0.15, 0.2) is 0 Å². The number of hydrogen-bond donors (Lipinski definition) is 2. The smallest absolute Gasteiger partial charge is 0.355 e. The summed E-state index contributed by atoms with van der Waals surface area (Å²) in [7, 11) is 0. The average Bonchev–Trinajstić information content (AvgIpc) is 2.72. The third-order valence-corrected chi connectivity index (χ3v) is 3.50. The van der Waals surface area contributed by atoms with Crippen LogP contribution in [0.1, 0.15) is 37.8 Å². The van der Waals surface area contributed by atoms with Gasteiger partial charge < -0.3 is 9.47 Å². The molecule has 0 bridgehead atoms. The van der Waals surface area contributed by atoms with Crippen molar-refractivity contribution in [3.05, 3.63) is 59.7 Å². The molecule has 28 heavy (non-hydrogen) atoms. The number of hydrazone groups is 2. The number of carbonyl (C=O) groups is 1. The molecule has 0 atom stereocenters. The number of rotatable bonds is 10. The largest absolute Gasteiger partial charge is 0.493 e. The lowest BCUT2D eigenvalue weighted by Crippen LogP contribution is -2.28. The predicted octanol–water partition coefficient (Wildman–Crippen LogP) is 3.93. The normalized spacial score (nSPS) is 10.9. The second-order valence-electron chi connectivity index (χ2n) is 5.84. The molecule has 0 saturated carbocycles. The molecule has 7 heteroatoms. The van der Waals surface area contributed by atoms with Crippen LogP contribution in [0.25, 0.3) is 0 Å². The maximum absolute atomic E-state index is 11.8. The third-order valence-electron chi connectivity index (χ3n) is 3.50. The van der Waals surface area contributed by atoms with Crippen molar-refractivity contribution >= 4 is 18.5 Å². The van der Waals surface area contributed by atoms with Crippen molar-refractivity contribution in [1.29, 1.82) is 0 Å². The van der Waals surface area contributed by atoms with Crippen LogP contribution in [0.4, 0.5) is 4.79 Å². The topological polar surface area (TPSA) is 84.3 Å². The van der Waals surface area contributed by atoms with Gasteiger partial charge in [0.05, 0.1) is 25.6 Å². The lowest BCUT2D eigenvalue weighted by atomic mass is 10.2. The fourth-order valence-corrected chi connectivity index (χ4v) is 2.21. The van der Waals surface area contributed by atoms with E-state index < -0.39 is 6.03 Å². The number of benzene rings is 2. The molecule has 0 saturated heterocycles. The van der Waals surface area contributed by atoms with E-state index in [0.717, 1.165) is 35.5 Å². The Hall–Kier alpha value is -3.35. The molecule has 0 unspecified atom stereocenters. The zero-order valence-corrected chi connectivity index (χ0v) is 16.2. The van der Waals surface area contributed by atoms with E-state index in [-0.39, 0.29) is 0 Å². The first-order chi connectivity index (χ1) is 13.7. The lowest BCUT2D eigenvalue weighted by molar-refractivity contribution is 0.242. The Bertz CT molecular complexity index is 740. The summed E-state index contributed by atoms with van der Waals surface area (Å²) in [6.45, 7) is 5.32. The summed E-state index contributed by atoms with van der Waals surface area (Å²) in [5.74, 6) is 1.44. The van der Waals surface area contributed by atoms with Crippen LogP contribution < -0.4 is 20.3 Å². The Labute approximate surface area is 165 Å². The predicted molar refractivity (Wildman–Crippen MR) is 111 cm³/mol. The zero-order valence-electron chi connectivity index (χ0n) is 16.2. The monoisotopic (exact) mass is 382 g/mol. The first-order valence-electron chi connectivity index (χ1n) is 9.30. The second kappa shape index (κ2) is 12.1. The molecule has 0 heterocycles. The number of urea groups is 1.